The van der Waals surface area contributed by atoms with Crippen LogP contribution in [0, 0.1) is 6.92 Å². The van der Waals surface area contributed by atoms with E-state index in [1.165, 1.54) is 0 Å². The van der Waals surface area contributed by atoms with Crippen LogP contribution >= 0.6 is 0 Å². The molecule has 1 aliphatic heterocycles. The Balaban J connectivity index is 1.39. The van der Waals surface area contributed by atoms with Crippen LogP contribution in [0.3, 0.4) is 0 Å². The molecule has 1 saturated heterocycles. The van der Waals surface area contributed by atoms with Gasteiger partial charge in [-0.1, -0.05) is 0 Å². The summed E-state index contributed by atoms with van der Waals surface area (Å²) in [6, 6.07) is 2.11. The molecule has 0 aliphatic carbocycles. The van der Waals surface area contributed by atoms with Crippen LogP contribution < -0.4 is 9.80 Å². The van der Waals surface area contributed by atoms with Crippen LogP contribution in [-0.4, -0.2) is 60.9 Å². The quantitative estimate of drug-likeness (QED) is 0.592. The summed E-state index contributed by atoms with van der Waals surface area (Å²) in [6.07, 6.45) is 11.0. The summed E-state index contributed by atoms with van der Waals surface area (Å²) in [5.74, 6) is 1.74. The summed E-state index contributed by atoms with van der Waals surface area (Å²) in [4.78, 5) is 17.9. The van der Waals surface area contributed by atoms with E-state index in [1.807, 2.05) is 42.4 Å². The highest BCUT2D eigenvalue weighted by atomic mass is 15.3. The van der Waals surface area contributed by atoms with E-state index in [9.17, 15) is 0 Å². The number of aryl methyl sites for hydroxylation is 1. The van der Waals surface area contributed by atoms with Gasteiger partial charge in [-0.05, 0) is 18.6 Å². The molecule has 0 saturated carbocycles. The SMILES string of the molecule is Cc1cnc(N2CCN(c3ncnn4cc(-c5cn[nH]c5)cc34)CC2)nc1. The normalized spacial score (nSPS) is 14.9. The van der Waals surface area contributed by atoms with Crippen molar-refractivity contribution >= 4 is 17.3 Å². The van der Waals surface area contributed by atoms with Gasteiger partial charge in [0, 0.05) is 62.1 Å². The number of fused-ring (bicyclic) bond motifs is 1. The van der Waals surface area contributed by atoms with E-state index in [1.54, 1.807) is 6.33 Å². The molecule has 9 nitrogen and oxygen atoms in total. The fourth-order valence-electron chi connectivity index (χ4n) is 3.39. The number of aromatic nitrogens is 7. The third kappa shape index (κ3) is 2.86. The lowest BCUT2D eigenvalue weighted by Crippen LogP contribution is -2.47. The van der Waals surface area contributed by atoms with Gasteiger partial charge in [-0.25, -0.2) is 19.5 Å². The Hall–Kier alpha value is -3.49. The predicted molar refractivity (Wildman–Crippen MR) is 102 cm³/mol. The molecule has 0 bridgehead atoms. The summed E-state index contributed by atoms with van der Waals surface area (Å²) in [5.41, 5.74) is 4.17. The number of H-pyrrole nitrogens is 1. The number of anilines is 2. The molecule has 0 aromatic carbocycles. The maximum absolute atomic E-state index is 4.56. The Morgan fingerprint density at radius 2 is 1.70 bits per heavy atom. The third-order valence-corrected chi connectivity index (χ3v) is 4.85. The van der Waals surface area contributed by atoms with Crippen LogP contribution in [0.2, 0.25) is 0 Å². The summed E-state index contributed by atoms with van der Waals surface area (Å²) in [5, 5.41) is 11.2. The summed E-state index contributed by atoms with van der Waals surface area (Å²) in [6.45, 7) is 5.42. The van der Waals surface area contributed by atoms with Crippen LogP contribution in [0.25, 0.3) is 16.6 Å². The number of hydrogen-bond acceptors (Lipinski definition) is 7. The Labute approximate surface area is 155 Å². The topological polar surface area (TPSA) is 91.1 Å². The monoisotopic (exact) mass is 361 g/mol. The number of hydrogen-bond donors (Lipinski definition) is 1. The van der Waals surface area contributed by atoms with Gasteiger partial charge in [-0.15, -0.1) is 0 Å². The molecule has 0 spiro atoms. The average molecular weight is 361 g/mol. The minimum absolute atomic E-state index is 0.790. The summed E-state index contributed by atoms with van der Waals surface area (Å²) < 4.78 is 1.88. The zero-order valence-electron chi connectivity index (χ0n) is 14.9. The Morgan fingerprint density at radius 1 is 0.926 bits per heavy atom. The molecule has 5 heterocycles. The van der Waals surface area contributed by atoms with Gasteiger partial charge in [-0.2, -0.15) is 10.2 Å². The maximum Gasteiger partial charge on any atom is 0.225 e. The lowest BCUT2D eigenvalue weighted by atomic mass is 10.2. The summed E-state index contributed by atoms with van der Waals surface area (Å²) in [7, 11) is 0. The van der Waals surface area contributed by atoms with Crippen molar-refractivity contribution in [2.75, 3.05) is 36.0 Å². The number of aromatic amines is 1. The molecule has 1 aliphatic rings. The van der Waals surface area contributed by atoms with E-state index in [-0.39, 0.29) is 0 Å². The van der Waals surface area contributed by atoms with Gasteiger partial charge < -0.3 is 9.80 Å². The van der Waals surface area contributed by atoms with Gasteiger partial charge in [0.15, 0.2) is 5.82 Å². The molecule has 1 fully saturated rings. The highest BCUT2D eigenvalue weighted by molar-refractivity contribution is 5.77. The first-order valence-corrected chi connectivity index (χ1v) is 8.89. The van der Waals surface area contributed by atoms with Gasteiger partial charge in [0.2, 0.25) is 5.95 Å². The van der Waals surface area contributed by atoms with Gasteiger partial charge in [0.05, 0.1) is 6.20 Å². The molecule has 0 radical (unpaired) electrons. The molecule has 9 heteroatoms. The molecule has 0 unspecified atom stereocenters. The second kappa shape index (κ2) is 6.35. The Bertz CT molecular complexity index is 1040. The zero-order chi connectivity index (χ0) is 18.2. The lowest BCUT2D eigenvalue weighted by molar-refractivity contribution is 0.633. The molecule has 5 rings (SSSR count). The molecule has 4 aromatic rings. The zero-order valence-corrected chi connectivity index (χ0v) is 14.9. The van der Waals surface area contributed by atoms with Gasteiger partial charge >= 0.3 is 0 Å². The molecule has 0 amide bonds. The van der Waals surface area contributed by atoms with Crippen molar-refractivity contribution in [1.82, 2.24) is 34.8 Å². The molecule has 27 heavy (non-hydrogen) atoms. The molecule has 4 aromatic heterocycles. The summed E-state index contributed by atoms with van der Waals surface area (Å²) >= 11 is 0. The van der Waals surface area contributed by atoms with E-state index in [0.29, 0.717) is 0 Å². The third-order valence-electron chi connectivity index (χ3n) is 4.85. The highest BCUT2D eigenvalue weighted by Gasteiger charge is 2.22. The lowest BCUT2D eigenvalue weighted by Gasteiger charge is -2.35. The number of nitrogens with one attached hydrogen (secondary N) is 1. The van der Waals surface area contributed by atoms with Crippen LogP contribution in [0.15, 0.2) is 43.4 Å². The van der Waals surface area contributed by atoms with Gasteiger partial charge in [-0.3, -0.25) is 5.10 Å². The molecule has 1 N–H and O–H groups in total. The first-order chi connectivity index (χ1) is 13.3. The van der Waals surface area contributed by atoms with E-state index in [0.717, 1.165) is 60.2 Å². The maximum atomic E-state index is 4.56. The van der Waals surface area contributed by atoms with Crippen LogP contribution in [0.5, 0.6) is 0 Å². The highest BCUT2D eigenvalue weighted by Crippen LogP contribution is 2.27. The fraction of sp³-hybridized carbons (Fsp3) is 0.278. The Kier molecular flexibility index (Phi) is 3.70. The fourth-order valence-corrected chi connectivity index (χ4v) is 3.39. The van der Waals surface area contributed by atoms with E-state index in [2.05, 4.69) is 46.1 Å². The van der Waals surface area contributed by atoms with E-state index in [4.69, 9.17) is 0 Å². The number of nitrogens with zero attached hydrogens (tertiary/aromatic N) is 8. The molecular weight excluding hydrogens is 342 g/mol. The van der Waals surface area contributed by atoms with Crippen molar-refractivity contribution in [3.63, 3.8) is 0 Å². The minimum Gasteiger partial charge on any atom is -0.351 e. The second-order valence-electron chi connectivity index (χ2n) is 6.66. The predicted octanol–water partition coefficient (Wildman–Crippen LogP) is 1.54. The van der Waals surface area contributed by atoms with Crippen molar-refractivity contribution in [3.05, 3.63) is 48.9 Å². The van der Waals surface area contributed by atoms with Crippen molar-refractivity contribution in [3.8, 4) is 11.1 Å². The molecule has 136 valence electrons. The standard InChI is InChI=1S/C18H19N9/c1-13-7-19-18(20-8-13)26-4-2-25(3-5-26)17-16-6-14(15-9-22-23-10-15)11-27(16)24-12-21-17/h6-12H,2-5H2,1H3,(H,22,23). The van der Waals surface area contributed by atoms with Crippen molar-refractivity contribution in [2.24, 2.45) is 0 Å². The van der Waals surface area contributed by atoms with Crippen LogP contribution in [-0.2, 0) is 0 Å². The largest absolute Gasteiger partial charge is 0.351 e. The van der Waals surface area contributed by atoms with Crippen LogP contribution in [0.1, 0.15) is 5.56 Å². The van der Waals surface area contributed by atoms with Gasteiger partial charge in [0.25, 0.3) is 0 Å². The second-order valence-corrected chi connectivity index (χ2v) is 6.66. The minimum atomic E-state index is 0.790. The number of piperazine rings is 1. The van der Waals surface area contributed by atoms with Gasteiger partial charge in [0.1, 0.15) is 11.8 Å². The molecule has 0 atom stereocenters. The number of rotatable bonds is 3. The first kappa shape index (κ1) is 15.7. The van der Waals surface area contributed by atoms with Crippen LogP contribution in [0.4, 0.5) is 11.8 Å². The van der Waals surface area contributed by atoms with Crippen molar-refractivity contribution in [2.45, 2.75) is 6.92 Å². The first-order valence-electron chi connectivity index (χ1n) is 8.89. The van der Waals surface area contributed by atoms with E-state index >= 15 is 0 Å². The average Bonchev–Trinajstić information content (AvgIpc) is 3.38. The Morgan fingerprint density at radius 3 is 2.44 bits per heavy atom. The van der Waals surface area contributed by atoms with E-state index < -0.39 is 0 Å². The smallest absolute Gasteiger partial charge is 0.225 e. The molecular formula is C18H19N9. The van der Waals surface area contributed by atoms with Crippen molar-refractivity contribution < 1.29 is 0 Å². The van der Waals surface area contributed by atoms with Crippen molar-refractivity contribution in [1.29, 1.82) is 0 Å².